The summed E-state index contributed by atoms with van der Waals surface area (Å²) < 4.78 is 48.1. The Hall–Kier alpha value is -3.33. The minimum Gasteiger partial charge on any atom is -0.490 e. The molecular weight excluding hydrogens is 465 g/mol. The molecule has 1 aliphatic heterocycles. The van der Waals surface area contributed by atoms with Gasteiger partial charge in [0.15, 0.2) is 6.61 Å². The molecule has 34 heavy (non-hydrogen) atoms. The lowest BCUT2D eigenvalue weighted by Crippen LogP contribution is -2.29. The van der Waals surface area contributed by atoms with Crippen molar-refractivity contribution in [1.29, 1.82) is 0 Å². The first-order valence-electron chi connectivity index (χ1n) is 10.6. The van der Waals surface area contributed by atoms with Gasteiger partial charge in [-0.05, 0) is 54.3 Å². The highest BCUT2D eigenvalue weighted by molar-refractivity contribution is 7.98. The molecule has 0 aliphatic carbocycles. The van der Waals surface area contributed by atoms with Gasteiger partial charge in [-0.15, -0.1) is 11.8 Å². The van der Waals surface area contributed by atoms with Crippen LogP contribution in [0, 0.1) is 0 Å². The Morgan fingerprint density at radius 1 is 1.12 bits per heavy atom. The molecule has 0 fully saturated rings. The van der Waals surface area contributed by atoms with Gasteiger partial charge in [0, 0.05) is 28.8 Å². The van der Waals surface area contributed by atoms with Gasteiger partial charge in [-0.2, -0.15) is 13.2 Å². The maximum Gasteiger partial charge on any atom is 0.422 e. The zero-order valence-electron chi connectivity index (χ0n) is 18.4. The quantitative estimate of drug-likeness (QED) is 0.426. The van der Waals surface area contributed by atoms with Crippen LogP contribution in [0.1, 0.15) is 15.9 Å². The van der Waals surface area contributed by atoms with Gasteiger partial charge in [0.25, 0.3) is 5.91 Å². The smallest absolute Gasteiger partial charge is 0.422 e. The first-order valence-corrected chi connectivity index (χ1v) is 11.8. The van der Waals surface area contributed by atoms with Gasteiger partial charge < -0.3 is 19.7 Å². The minimum atomic E-state index is -4.41. The maximum atomic E-state index is 12.7. The van der Waals surface area contributed by atoms with E-state index in [1.807, 2.05) is 35.4 Å². The molecule has 1 amide bonds. The second-order valence-corrected chi connectivity index (χ2v) is 8.49. The first-order chi connectivity index (χ1) is 16.3. The van der Waals surface area contributed by atoms with Crippen molar-refractivity contribution in [1.82, 2.24) is 5.32 Å². The number of carbonyl (C=O) groups is 1. The van der Waals surface area contributed by atoms with Crippen LogP contribution in [0.25, 0.3) is 0 Å². The molecule has 1 aliphatic rings. The Kier molecular flexibility index (Phi) is 7.21. The molecule has 4 rings (SSSR count). The topological polar surface area (TPSA) is 50.8 Å². The number of ether oxygens (including phenoxy) is 2. The van der Waals surface area contributed by atoms with Crippen molar-refractivity contribution in [3.8, 4) is 11.5 Å². The van der Waals surface area contributed by atoms with E-state index in [0.717, 1.165) is 16.1 Å². The van der Waals surface area contributed by atoms with E-state index in [9.17, 15) is 18.0 Å². The highest BCUT2D eigenvalue weighted by atomic mass is 32.2. The third kappa shape index (κ3) is 5.96. The first kappa shape index (κ1) is 23.8. The van der Waals surface area contributed by atoms with E-state index in [2.05, 4.69) is 5.32 Å². The summed E-state index contributed by atoms with van der Waals surface area (Å²) in [5, 5.41) is 2.91. The van der Waals surface area contributed by atoms with E-state index in [4.69, 9.17) is 9.47 Å². The Morgan fingerprint density at radius 2 is 1.91 bits per heavy atom. The average Bonchev–Trinajstić information content (AvgIpc) is 2.85. The van der Waals surface area contributed by atoms with Crippen LogP contribution < -0.4 is 19.7 Å². The van der Waals surface area contributed by atoms with Crippen LogP contribution in [0.5, 0.6) is 11.5 Å². The van der Waals surface area contributed by atoms with E-state index in [1.165, 1.54) is 6.07 Å². The Labute approximate surface area is 199 Å². The molecule has 0 aromatic heterocycles. The summed E-state index contributed by atoms with van der Waals surface area (Å²) in [7, 11) is 0. The molecule has 0 saturated carbocycles. The second-order valence-electron chi connectivity index (χ2n) is 7.61. The van der Waals surface area contributed by atoms with Crippen LogP contribution >= 0.6 is 11.8 Å². The molecule has 9 heteroatoms. The number of nitrogens with zero attached hydrogens (tertiary/aromatic N) is 1. The minimum absolute atomic E-state index is 0.129. The summed E-state index contributed by atoms with van der Waals surface area (Å²) in [6.45, 7) is -0.0700. The summed E-state index contributed by atoms with van der Waals surface area (Å²) in [5.74, 6) is 0.439. The zero-order chi connectivity index (χ0) is 24.1. The molecule has 0 bridgehead atoms. The summed E-state index contributed by atoms with van der Waals surface area (Å²) in [4.78, 5) is 15.8. The van der Waals surface area contributed by atoms with Gasteiger partial charge >= 0.3 is 6.18 Å². The van der Waals surface area contributed by atoms with Crippen molar-refractivity contribution in [2.24, 2.45) is 0 Å². The van der Waals surface area contributed by atoms with Crippen molar-refractivity contribution < 1.29 is 27.4 Å². The second kappa shape index (κ2) is 10.3. The number of halogens is 3. The van der Waals surface area contributed by atoms with Crippen LogP contribution in [0.15, 0.2) is 71.6 Å². The zero-order valence-corrected chi connectivity index (χ0v) is 19.2. The highest BCUT2D eigenvalue weighted by Crippen LogP contribution is 2.38. The predicted octanol–water partition coefficient (Wildman–Crippen LogP) is 5.81. The number of amides is 1. The number of nitrogens with one attached hydrogen (secondary N) is 1. The summed E-state index contributed by atoms with van der Waals surface area (Å²) in [6.07, 6.45) is -2.40. The number of fused-ring (bicyclic) bond motifs is 1. The number of hydrogen-bond donors (Lipinski definition) is 1. The molecule has 0 spiro atoms. The number of hydrogen-bond acceptors (Lipinski definition) is 5. The van der Waals surface area contributed by atoms with E-state index in [1.54, 1.807) is 48.2 Å². The van der Waals surface area contributed by atoms with E-state index in [0.29, 0.717) is 36.7 Å². The average molecular weight is 489 g/mol. The number of anilines is 2. The largest absolute Gasteiger partial charge is 0.490 e. The van der Waals surface area contributed by atoms with Gasteiger partial charge in [0.1, 0.15) is 18.1 Å². The number of carbonyl (C=O) groups excluding carboxylic acids is 1. The third-order valence-electron chi connectivity index (χ3n) is 5.23. The molecule has 5 nitrogen and oxygen atoms in total. The van der Waals surface area contributed by atoms with E-state index in [-0.39, 0.29) is 11.7 Å². The number of alkyl halides is 3. The molecule has 1 heterocycles. The molecule has 0 saturated heterocycles. The van der Waals surface area contributed by atoms with Crippen LogP contribution in [0.3, 0.4) is 0 Å². The molecule has 178 valence electrons. The van der Waals surface area contributed by atoms with Crippen molar-refractivity contribution in [3.05, 3.63) is 77.9 Å². The van der Waals surface area contributed by atoms with Crippen molar-refractivity contribution in [2.75, 3.05) is 30.9 Å². The summed E-state index contributed by atoms with van der Waals surface area (Å²) in [5.41, 5.74) is 2.86. The SMILES string of the molecule is CSc1ccc(CNC(=O)c2ccc3c(c2)OCCN3c2cccc(OCC(F)(F)F)c2)cc1. The van der Waals surface area contributed by atoms with Crippen LogP contribution in [-0.2, 0) is 6.54 Å². The summed E-state index contributed by atoms with van der Waals surface area (Å²) in [6, 6.07) is 19.6. The standard InChI is InChI=1S/C25H23F3N2O3S/c1-34-21-8-5-17(6-9-21)15-29-24(31)18-7-10-22-23(13-18)32-12-11-30(22)19-3-2-4-20(14-19)33-16-25(26,27)28/h2-10,13-14H,11-12,15-16H2,1H3,(H,29,31). The van der Waals surface area contributed by atoms with Crippen molar-refractivity contribution in [3.63, 3.8) is 0 Å². The van der Waals surface area contributed by atoms with E-state index >= 15 is 0 Å². The van der Waals surface area contributed by atoms with Gasteiger partial charge in [0.2, 0.25) is 0 Å². The molecule has 3 aromatic carbocycles. The molecular formula is C25H23F3N2O3S. The monoisotopic (exact) mass is 488 g/mol. The number of thioether (sulfide) groups is 1. The fraction of sp³-hybridized carbons (Fsp3) is 0.240. The Morgan fingerprint density at radius 3 is 2.65 bits per heavy atom. The third-order valence-corrected chi connectivity index (χ3v) is 5.97. The lowest BCUT2D eigenvalue weighted by Gasteiger charge is -2.31. The predicted molar refractivity (Wildman–Crippen MR) is 126 cm³/mol. The fourth-order valence-corrected chi connectivity index (χ4v) is 3.97. The maximum absolute atomic E-state index is 12.7. The summed E-state index contributed by atoms with van der Waals surface area (Å²) >= 11 is 1.66. The normalized spacial score (nSPS) is 13.1. The molecule has 1 N–H and O–H groups in total. The number of benzene rings is 3. The fourth-order valence-electron chi connectivity index (χ4n) is 3.56. The van der Waals surface area contributed by atoms with Crippen LogP contribution in [0.4, 0.5) is 24.5 Å². The highest BCUT2D eigenvalue weighted by Gasteiger charge is 2.28. The van der Waals surface area contributed by atoms with Crippen molar-refractivity contribution in [2.45, 2.75) is 17.6 Å². The molecule has 0 atom stereocenters. The Balaban J connectivity index is 1.46. The van der Waals surface area contributed by atoms with Crippen LogP contribution in [0.2, 0.25) is 0 Å². The van der Waals surface area contributed by atoms with Crippen molar-refractivity contribution >= 4 is 29.0 Å². The molecule has 3 aromatic rings. The van der Waals surface area contributed by atoms with Crippen LogP contribution in [-0.4, -0.2) is 38.1 Å². The van der Waals surface area contributed by atoms with Gasteiger partial charge in [-0.25, -0.2) is 0 Å². The van der Waals surface area contributed by atoms with Gasteiger partial charge in [0.05, 0.1) is 12.2 Å². The lowest BCUT2D eigenvalue weighted by atomic mass is 10.1. The molecule has 0 radical (unpaired) electrons. The lowest BCUT2D eigenvalue weighted by molar-refractivity contribution is -0.153. The molecule has 0 unspecified atom stereocenters. The van der Waals surface area contributed by atoms with Gasteiger partial charge in [-0.3, -0.25) is 4.79 Å². The number of rotatable bonds is 7. The van der Waals surface area contributed by atoms with E-state index < -0.39 is 12.8 Å². The van der Waals surface area contributed by atoms with Gasteiger partial charge in [-0.1, -0.05) is 18.2 Å². The Bertz CT molecular complexity index is 1150.